The van der Waals surface area contributed by atoms with Gasteiger partial charge in [-0.25, -0.2) is 23.4 Å². The molecule has 1 aromatic carbocycles. The number of amidine groups is 1. The summed E-state index contributed by atoms with van der Waals surface area (Å²) in [5.41, 5.74) is 0.926. The maximum atomic E-state index is 11.3. The highest BCUT2D eigenvalue weighted by atomic mass is 32.3. The van der Waals surface area contributed by atoms with Crippen LogP contribution in [0.2, 0.25) is 0 Å². The third kappa shape index (κ3) is 3.52. The van der Waals surface area contributed by atoms with Gasteiger partial charge in [-0.3, -0.25) is 4.99 Å². The Morgan fingerprint density at radius 2 is 2.12 bits per heavy atom. The standard InChI is InChI=1S/C13H14N4O5S2/c1-21-11(18)7-22-9-4-2-8(3-5-9)10-6-17-12(15-10)23-13(16-17)24(14,19)20/h2-5,10H,6-7H2,1H3,(H2,14,19,20). The van der Waals surface area contributed by atoms with Gasteiger partial charge in [0.2, 0.25) is 4.38 Å². The minimum Gasteiger partial charge on any atom is -0.482 e. The molecule has 3 rings (SSSR count). The molecule has 0 saturated heterocycles. The Kier molecular flexibility index (Phi) is 4.47. The zero-order chi connectivity index (χ0) is 17.3. The van der Waals surface area contributed by atoms with Crippen molar-refractivity contribution in [2.75, 3.05) is 20.3 Å². The summed E-state index contributed by atoms with van der Waals surface area (Å²) in [6, 6.07) is 6.96. The van der Waals surface area contributed by atoms with Crippen LogP contribution in [0.5, 0.6) is 5.75 Å². The molecule has 0 aromatic heterocycles. The predicted octanol–water partition coefficient (Wildman–Crippen LogP) is 0.257. The second-order valence-electron chi connectivity index (χ2n) is 4.96. The van der Waals surface area contributed by atoms with Crippen molar-refractivity contribution in [3.05, 3.63) is 29.8 Å². The number of carbonyl (C=O) groups excluding carboxylic acids is 1. The van der Waals surface area contributed by atoms with Crippen molar-refractivity contribution in [3.8, 4) is 5.75 Å². The summed E-state index contributed by atoms with van der Waals surface area (Å²) in [5.74, 6) is 0.0849. The van der Waals surface area contributed by atoms with Crippen molar-refractivity contribution in [1.82, 2.24) is 5.01 Å². The number of hydrazone groups is 1. The van der Waals surface area contributed by atoms with E-state index in [1.807, 2.05) is 12.1 Å². The number of nitrogens with two attached hydrogens (primary N) is 1. The Bertz CT molecular complexity index is 819. The molecular weight excluding hydrogens is 356 g/mol. The van der Waals surface area contributed by atoms with E-state index in [0.717, 1.165) is 17.3 Å². The molecule has 1 atom stereocenters. The quantitative estimate of drug-likeness (QED) is 0.754. The lowest BCUT2D eigenvalue weighted by Crippen LogP contribution is -2.20. The summed E-state index contributed by atoms with van der Waals surface area (Å²) in [7, 11) is -2.52. The van der Waals surface area contributed by atoms with Crippen LogP contribution in [0.15, 0.2) is 34.4 Å². The first kappa shape index (κ1) is 16.7. The Morgan fingerprint density at radius 1 is 1.42 bits per heavy atom. The number of fused-ring (bicyclic) bond motifs is 1. The molecule has 0 saturated carbocycles. The van der Waals surface area contributed by atoms with Gasteiger partial charge in [-0.15, -0.1) is 5.10 Å². The zero-order valence-electron chi connectivity index (χ0n) is 12.6. The molecule has 9 nitrogen and oxygen atoms in total. The van der Waals surface area contributed by atoms with Gasteiger partial charge >= 0.3 is 5.97 Å². The molecule has 2 aliphatic heterocycles. The third-order valence-corrected chi connectivity index (χ3v) is 5.58. The van der Waals surface area contributed by atoms with E-state index in [1.54, 1.807) is 12.1 Å². The second kappa shape index (κ2) is 6.42. The topological polar surface area (TPSA) is 124 Å². The molecule has 11 heteroatoms. The minimum absolute atomic E-state index is 0.147. The number of hydrogen-bond acceptors (Lipinski definition) is 9. The smallest absolute Gasteiger partial charge is 0.343 e. The summed E-state index contributed by atoms with van der Waals surface area (Å²) < 4.78 is 32.2. The molecule has 2 N–H and O–H groups in total. The summed E-state index contributed by atoms with van der Waals surface area (Å²) in [6.45, 7) is 0.279. The van der Waals surface area contributed by atoms with Crippen LogP contribution in [0, 0.1) is 0 Å². The van der Waals surface area contributed by atoms with Crippen LogP contribution in [-0.4, -0.2) is 49.2 Å². The summed E-state index contributed by atoms with van der Waals surface area (Å²) in [4.78, 5) is 15.5. The van der Waals surface area contributed by atoms with Crippen molar-refractivity contribution >= 4 is 37.3 Å². The number of methoxy groups -OCH3 is 1. The highest BCUT2D eigenvalue weighted by Crippen LogP contribution is 2.34. The van der Waals surface area contributed by atoms with Crippen LogP contribution in [0.25, 0.3) is 0 Å². The van der Waals surface area contributed by atoms with Crippen LogP contribution in [0.4, 0.5) is 0 Å². The van der Waals surface area contributed by atoms with Gasteiger partial charge in [0, 0.05) is 0 Å². The molecule has 1 aromatic rings. The molecule has 0 bridgehead atoms. The van der Waals surface area contributed by atoms with Crippen molar-refractivity contribution in [2.45, 2.75) is 6.04 Å². The van der Waals surface area contributed by atoms with E-state index in [0.29, 0.717) is 17.5 Å². The van der Waals surface area contributed by atoms with E-state index in [-0.39, 0.29) is 17.0 Å². The molecule has 2 aliphatic rings. The van der Waals surface area contributed by atoms with Gasteiger partial charge in [-0.1, -0.05) is 12.1 Å². The van der Waals surface area contributed by atoms with Gasteiger partial charge in [0.15, 0.2) is 11.8 Å². The second-order valence-corrected chi connectivity index (χ2v) is 7.65. The number of rotatable bonds is 4. The van der Waals surface area contributed by atoms with Gasteiger partial charge in [0.25, 0.3) is 10.0 Å². The van der Waals surface area contributed by atoms with Crippen molar-refractivity contribution < 1.29 is 22.7 Å². The molecule has 24 heavy (non-hydrogen) atoms. The number of ether oxygens (including phenoxy) is 2. The maximum Gasteiger partial charge on any atom is 0.343 e. The monoisotopic (exact) mass is 370 g/mol. The van der Waals surface area contributed by atoms with Gasteiger partial charge in [-0.2, -0.15) is 0 Å². The van der Waals surface area contributed by atoms with E-state index in [9.17, 15) is 13.2 Å². The van der Waals surface area contributed by atoms with E-state index in [2.05, 4.69) is 14.8 Å². The number of nitrogens with zero attached hydrogens (tertiary/aromatic N) is 3. The fraction of sp³-hybridized carbons (Fsp3) is 0.308. The fourth-order valence-corrected chi connectivity index (χ4v) is 3.72. The van der Waals surface area contributed by atoms with E-state index in [4.69, 9.17) is 9.88 Å². The van der Waals surface area contributed by atoms with Crippen LogP contribution < -0.4 is 9.88 Å². The zero-order valence-corrected chi connectivity index (χ0v) is 14.2. The SMILES string of the molecule is COC(=O)COc1ccc(C2CN3N=C(S(N)(=O)=O)SC3=N2)cc1. The number of hydrogen-bond donors (Lipinski definition) is 1. The molecule has 1 unspecified atom stereocenters. The van der Waals surface area contributed by atoms with E-state index in [1.165, 1.54) is 12.1 Å². The lowest BCUT2D eigenvalue weighted by Gasteiger charge is -2.11. The Hall–Kier alpha value is -2.11. The van der Waals surface area contributed by atoms with Gasteiger partial charge in [-0.05, 0) is 29.5 Å². The average Bonchev–Trinajstić information content (AvgIpc) is 3.11. The third-order valence-electron chi connectivity index (χ3n) is 3.31. The average molecular weight is 370 g/mol. The fourth-order valence-electron chi connectivity index (χ4n) is 2.12. The number of primary sulfonamides is 1. The normalized spacial score (nSPS) is 19.6. The van der Waals surface area contributed by atoms with Crippen LogP contribution in [0.3, 0.4) is 0 Å². The molecule has 0 fully saturated rings. The number of sulfonamides is 1. The Balaban J connectivity index is 1.64. The van der Waals surface area contributed by atoms with Crippen molar-refractivity contribution in [2.24, 2.45) is 15.2 Å². The maximum absolute atomic E-state index is 11.3. The molecular formula is C13H14N4O5S2. The molecule has 128 valence electrons. The van der Waals surface area contributed by atoms with Crippen molar-refractivity contribution in [3.63, 3.8) is 0 Å². The van der Waals surface area contributed by atoms with Gasteiger partial charge in [0.1, 0.15) is 5.75 Å². The molecule has 0 radical (unpaired) electrons. The Labute approximate surface area is 142 Å². The Morgan fingerprint density at radius 3 is 2.71 bits per heavy atom. The largest absolute Gasteiger partial charge is 0.482 e. The minimum atomic E-state index is -3.81. The summed E-state index contributed by atoms with van der Waals surface area (Å²) in [5, 5.41) is 11.1. The van der Waals surface area contributed by atoms with E-state index >= 15 is 0 Å². The first-order valence-electron chi connectivity index (χ1n) is 6.81. The highest BCUT2D eigenvalue weighted by Gasteiger charge is 2.36. The highest BCUT2D eigenvalue weighted by molar-refractivity contribution is 8.42. The molecule has 0 amide bonds. The summed E-state index contributed by atoms with van der Waals surface area (Å²) >= 11 is 0.940. The van der Waals surface area contributed by atoms with Crippen LogP contribution in [-0.2, 0) is 19.6 Å². The number of carbonyl (C=O) groups is 1. The number of aliphatic imine (C=N–C) groups is 1. The molecule has 0 aliphatic carbocycles. The molecule has 0 spiro atoms. The number of thioether (sulfide) groups is 1. The lowest BCUT2D eigenvalue weighted by molar-refractivity contribution is -0.142. The van der Waals surface area contributed by atoms with Crippen LogP contribution in [0.1, 0.15) is 11.6 Å². The van der Waals surface area contributed by atoms with Crippen LogP contribution >= 0.6 is 11.8 Å². The number of benzene rings is 1. The summed E-state index contributed by atoms with van der Waals surface area (Å²) in [6.07, 6.45) is 0. The predicted molar refractivity (Wildman–Crippen MR) is 89.0 cm³/mol. The molecule has 2 heterocycles. The number of esters is 1. The van der Waals surface area contributed by atoms with Crippen molar-refractivity contribution in [1.29, 1.82) is 0 Å². The van der Waals surface area contributed by atoms with E-state index < -0.39 is 16.0 Å². The van der Waals surface area contributed by atoms with Gasteiger partial charge < -0.3 is 9.47 Å². The lowest BCUT2D eigenvalue weighted by atomic mass is 10.1. The van der Waals surface area contributed by atoms with Gasteiger partial charge in [0.05, 0.1) is 19.7 Å². The first-order valence-corrected chi connectivity index (χ1v) is 9.17. The first-order chi connectivity index (χ1) is 11.4.